The quantitative estimate of drug-likeness (QED) is 0.833. The van der Waals surface area contributed by atoms with Gasteiger partial charge in [0, 0.05) is 48.7 Å². The molecule has 3 rings (SSSR count). The average Bonchev–Trinajstić information content (AvgIpc) is 2.61. The molecule has 1 heterocycles. The minimum absolute atomic E-state index is 0.204. The van der Waals surface area contributed by atoms with Crippen LogP contribution >= 0.6 is 11.6 Å². The van der Waals surface area contributed by atoms with Crippen LogP contribution in [0, 0.1) is 13.8 Å². The number of rotatable bonds is 3. The Morgan fingerprint density at radius 1 is 1.17 bits per heavy atom. The largest absolute Gasteiger partial charge is 0.507 e. The van der Waals surface area contributed by atoms with Crippen LogP contribution in [0.5, 0.6) is 5.75 Å². The molecule has 0 unspecified atom stereocenters. The highest BCUT2D eigenvalue weighted by atomic mass is 35.5. The molecule has 2 N–H and O–H groups in total. The first-order valence-electron chi connectivity index (χ1n) is 8.14. The van der Waals surface area contributed by atoms with E-state index < -0.39 is 0 Å². The van der Waals surface area contributed by atoms with E-state index in [4.69, 9.17) is 11.6 Å². The number of aliphatic imine (C=N–C) groups is 1. The number of benzene rings is 2. The second kappa shape index (κ2) is 7.24. The number of halogens is 1. The van der Waals surface area contributed by atoms with E-state index in [9.17, 15) is 5.11 Å². The first-order chi connectivity index (χ1) is 11.6. The summed E-state index contributed by atoms with van der Waals surface area (Å²) in [6.07, 6.45) is 1.68. The fourth-order valence-electron chi connectivity index (χ4n) is 2.93. The molecule has 24 heavy (non-hydrogen) atoms. The molecule has 1 aliphatic rings. The van der Waals surface area contributed by atoms with E-state index >= 15 is 0 Å². The zero-order chi connectivity index (χ0) is 17.1. The zero-order valence-electron chi connectivity index (χ0n) is 14.0. The van der Waals surface area contributed by atoms with Gasteiger partial charge in [0.05, 0.1) is 5.69 Å². The van der Waals surface area contributed by atoms with Gasteiger partial charge in [0.15, 0.2) is 0 Å². The number of piperazine rings is 1. The van der Waals surface area contributed by atoms with Crippen LogP contribution in [-0.2, 0) is 0 Å². The molecule has 2 aromatic carbocycles. The van der Waals surface area contributed by atoms with Gasteiger partial charge < -0.3 is 15.3 Å². The number of anilines is 1. The lowest BCUT2D eigenvalue weighted by Crippen LogP contribution is -2.43. The second-order valence-corrected chi connectivity index (χ2v) is 6.45. The third-order valence-corrected chi connectivity index (χ3v) is 4.96. The Morgan fingerprint density at radius 2 is 1.83 bits per heavy atom. The smallest absolute Gasteiger partial charge is 0.124 e. The van der Waals surface area contributed by atoms with Gasteiger partial charge >= 0.3 is 0 Å². The topological polar surface area (TPSA) is 47.9 Å². The van der Waals surface area contributed by atoms with Crippen molar-refractivity contribution in [1.29, 1.82) is 0 Å². The van der Waals surface area contributed by atoms with E-state index in [2.05, 4.69) is 27.3 Å². The number of phenols is 1. The number of aromatic hydroxyl groups is 1. The summed E-state index contributed by atoms with van der Waals surface area (Å²) in [7, 11) is 0. The van der Waals surface area contributed by atoms with Crippen LogP contribution in [0.25, 0.3) is 0 Å². The lowest BCUT2D eigenvalue weighted by molar-refractivity contribution is 0.473. The molecule has 0 amide bonds. The molecule has 1 fully saturated rings. The summed E-state index contributed by atoms with van der Waals surface area (Å²) in [5, 5.41) is 14.1. The molecule has 126 valence electrons. The van der Waals surface area contributed by atoms with Gasteiger partial charge in [0.1, 0.15) is 5.75 Å². The van der Waals surface area contributed by atoms with Crippen molar-refractivity contribution in [3.63, 3.8) is 0 Å². The standard InChI is InChI=1S/C19H22ClN3O/c1-13-11-18(24)17(14(2)19(13)20)12-22-15-3-5-16(6-4-15)23-9-7-21-8-10-23/h3-6,11-12,21,24H,7-10H2,1-2H3. The van der Waals surface area contributed by atoms with Crippen LogP contribution in [0.2, 0.25) is 5.02 Å². The van der Waals surface area contributed by atoms with Gasteiger partial charge in [-0.3, -0.25) is 4.99 Å². The molecule has 0 spiro atoms. The predicted molar refractivity (Wildman–Crippen MR) is 101 cm³/mol. The van der Waals surface area contributed by atoms with E-state index in [1.807, 2.05) is 26.0 Å². The Morgan fingerprint density at radius 3 is 2.50 bits per heavy atom. The van der Waals surface area contributed by atoms with Crippen molar-refractivity contribution in [2.75, 3.05) is 31.1 Å². The predicted octanol–water partition coefficient (Wildman–Crippen LogP) is 3.82. The van der Waals surface area contributed by atoms with Gasteiger partial charge in [-0.25, -0.2) is 0 Å². The Balaban J connectivity index is 1.79. The van der Waals surface area contributed by atoms with E-state index in [-0.39, 0.29) is 5.75 Å². The lowest BCUT2D eigenvalue weighted by atomic mass is 10.0. The highest BCUT2D eigenvalue weighted by Crippen LogP contribution is 2.30. The normalized spacial score (nSPS) is 15.2. The van der Waals surface area contributed by atoms with Crippen molar-refractivity contribution in [2.24, 2.45) is 4.99 Å². The van der Waals surface area contributed by atoms with E-state index in [1.54, 1.807) is 12.3 Å². The van der Waals surface area contributed by atoms with Gasteiger partial charge in [-0.15, -0.1) is 0 Å². The van der Waals surface area contributed by atoms with Crippen LogP contribution in [0.1, 0.15) is 16.7 Å². The molecule has 0 aliphatic carbocycles. The highest BCUT2D eigenvalue weighted by molar-refractivity contribution is 6.32. The van der Waals surface area contributed by atoms with Crippen molar-refractivity contribution < 1.29 is 5.11 Å². The molecule has 5 heteroatoms. The molecule has 1 saturated heterocycles. The summed E-state index contributed by atoms with van der Waals surface area (Å²) in [5.74, 6) is 0.204. The zero-order valence-corrected chi connectivity index (χ0v) is 14.8. The average molecular weight is 344 g/mol. The number of nitrogens with one attached hydrogen (secondary N) is 1. The first-order valence-corrected chi connectivity index (χ1v) is 8.52. The summed E-state index contributed by atoms with van der Waals surface area (Å²) in [5.41, 5.74) is 4.44. The molecule has 0 bridgehead atoms. The summed E-state index contributed by atoms with van der Waals surface area (Å²) < 4.78 is 0. The fraction of sp³-hybridized carbons (Fsp3) is 0.316. The van der Waals surface area contributed by atoms with Crippen molar-refractivity contribution in [3.05, 3.63) is 52.0 Å². The number of phenolic OH excluding ortho intramolecular Hbond substituents is 1. The molecule has 0 saturated carbocycles. The Hall–Kier alpha value is -2.04. The highest BCUT2D eigenvalue weighted by Gasteiger charge is 2.11. The van der Waals surface area contributed by atoms with Gasteiger partial charge in [-0.1, -0.05) is 11.6 Å². The van der Waals surface area contributed by atoms with E-state index in [1.165, 1.54) is 5.69 Å². The lowest BCUT2D eigenvalue weighted by Gasteiger charge is -2.29. The Kier molecular flexibility index (Phi) is 5.07. The Labute approximate surface area is 147 Å². The van der Waals surface area contributed by atoms with E-state index in [0.717, 1.165) is 43.0 Å². The second-order valence-electron chi connectivity index (χ2n) is 6.08. The minimum atomic E-state index is 0.204. The summed E-state index contributed by atoms with van der Waals surface area (Å²) >= 11 is 6.26. The van der Waals surface area contributed by atoms with Crippen molar-refractivity contribution >= 4 is 29.2 Å². The van der Waals surface area contributed by atoms with E-state index in [0.29, 0.717) is 10.6 Å². The first kappa shape index (κ1) is 16.8. The molecular weight excluding hydrogens is 322 g/mol. The SMILES string of the molecule is Cc1cc(O)c(C=Nc2ccc(N3CCNCC3)cc2)c(C)c1Cl. The number of hydrogen-bond donors (Lipinski definition) is 2. The van der Waals surface area contributed by atoms with Crippen LogP contribution in [0.3, 0.4) is 0 Å². The fourth-order valence-corrected chi connectivity index (χ4v) is 3.08. The van der Waals surface area contributed by atoms with Crippen LogP contribution < -0.4 is 10.2 Å². The molecule has 0 aromatic heterocycles. The van der Waals surface area contributed by atoms with Crippen LogP contribution in [-0.4, -0.2) is 37.5 Å². The molecule has 4 nitrogen and oxygen atoms in total. The maximum absolute atomic E-state index is 10.1. The third kappa shape index (κ3) is 3.55. The molecule has 2 aromatic rings. The Bertz CT molecular complexity index is 750. The van der Waals surface area contributed by atoms with Crippen molar-refractivity contribution in [3.8, 4) is 5.75 Å². The van der Waals surface area contributed by atoms with Crippen LogP contribution in [0.4, 0.5) is 11.4 Å². The van der Waals surface area contributed by atoms with Gasteiger partial charge in [-0.05, 0) is 55.3 Å². The summed E-state index contributed by atoms with van der Waals surface area (Å²) in [6, 6.07) is 9.84. The maximum atomic E-state index is 10.1. The monoisotopic (exact) mass is 343 g/mol. The minimum Gasteiger partial charge on any atom is -0.507 e. The van der Waals surface area contributed by atoms with Gasteiger partial charge in [0.2, 0.25) is 0 Å². The number of hydrogen-bond acceptors (Lipinski definition) is 4. The molecular formula is C19H22ClN3O. The molecule has 0 atom stereocenters. The van der Waals surface area contributed by atoms with Gasteiger partial charge in [-0.2, -0.15) is 0 Å². The number of nitrogens with zero attached hydrogens (tertiary/aromatic N) is 2. The van der Waals surface area contributed by atoms with Crippen molar-refractivity contribution in [2.45, 2.75) is 13.8 Å². The van der Waals surface area contributed by atoms with Crippen molar-refractivity contribution in [1.82, 2.24) is 5.32 Å². The molecule has 1 aliphatic heterocycles. The summed E-state index contributed by atoms with van der Waals surface area (Å²) in [6.45, 7) is 7.86. The van der Waals surface area contributed by atoms with Gasteiger partial charge in [0.25, 0.3) is 0 Å². The third-order valence-electron chi connectivity index (χ3n) is 4.38. The molecule has 0 radical (unpaired) electrons. The van der Waals surface area contributed by atoms with Crippen LogP contribution in [0.15, 0.2) is 35.3 Å². The summed E-state index contributed by atoms with van der Waals surface area (Å²) in [4.78, 5) is 6.84. The number of aryl methyl sites for hydroxylation is 1. The maximum Gasteiger partial charge on any atom is 0.124 e.